The highest BCUT2D eigenvalue weighted by atomic mass is 32.2. The Balaban J connectivity index is 1.63. The Hall–Kier alpha value is -2.89. The Labute approximate surface area is 175 Å². The molecule has 0 fully saturated rings. The quantitative estimate of drug-likeness (QED) is 0.252. The third-order valence-corrected chi connectivity index (χ3v) is 6.60. The van der Waals surface area contributed by atoms with Crippen molar-refractivity contribution < 1.29 is 4.79 Å². The first-order chi connectivity index (χ1) is 14.1. The first kappa shape index (κ1) is 19.4. The van der Waals surface area contributed by atoms with Crippen LogP contribution in [0.4, 0.5) is 0 Å². The second-order valence-electron chi connectivity index (χ2n) is 6.45. The number of carbonyl (C=O) groups excluding carboxylic acids is 1. The van der Waals surface area contributed by atoms with Crippen LogP contribution < -0.4 is 5.56 Å². The number of para-hydroxylation sites is 1. The summed E-state index contributed by atoms with van der Waals surface area (Å²) in [5.41, 5.74) is 2.19. The van der Waals surface area contributed by atoms with Gasteiger partial charge in [-0.2, -0.15) is 5.26 Å². The number of aromatic nitrogens is 3. The number of carbonyl (C=O) groups is 1. The second kappa shape index (κ2) is 8.23. The lowest BCUT2D eigenvalue weighted by molar-refractivity contribution is 0.102. The van der Waals surface area contributed by atoms with Crippen LogP contribution >= 0.6 is 23.1 Å². The molecule has 4 aromatic rings. The third kappa shape index (κ3) is 3.59. The summed E-state index contributed by atoms with van der Waals surface area (Å²) in [6.45, 7) is 2.95. The van der Waals surface area contributed by atoms with Crippen molar-refractivity contribution in [3.63, 3.8) is 0 Å². The summed E-state index contributed by atoms with van der Waals surface area (Å²) in [6, 6.07) is 11.7. The first-order valence-corrected chi connectivity index (χ1v) is 11.1. The predicted molar refractivity (Wildman–Crippen MR) is 117 cm³/mol. The highest BCUT2D eigenvalue weighted by molar-refractivity contribution is 7.99. The van der Waals surface area contributed by atoms with Gasteiger partial charge >= 0.3 is 0 Å². The molecule has 0 unspecified atom stereocenters. The predicted octanol–water partition coefficient (Wildman–Crippen LogP) is 4.32. The van der Waals surface area contributed by atoms with Gasteiger partial charge in [-0.15, -0.1) is 11.3 Å². The van der Waals surface area contributed by atoms with Gasteiger partial charge in [0.1, 0.15) is 4.70 Å². The largest absolute Gasteiger partial charge is 0.346 e. The lowest BCUT2D eigenvalue weighted by Gasteiger charge is -2.09. The molecule has 0 saturated carbocycles. The fourth-order valence-corrected chi connectivity index (χ4v) is 5.07. The molecule has 0 aliphatic carbocycles. The molecule has 0 N–H and O–H groups in total. The third-order valence-electron chi connectivity index (χ3n) is 4.73. The smallest absolute Gasteiger partial charge is 0.272 e. The van der Waals surface area contributed by atoms with E-state index in [1.54, 1.807) is 4.57 Å². The average molecular weight is 423 g/mol. The summed E-state index contributed by atoms with van der Waals surface area (Å²) in [6.07, 6.45) is 2.21. The van der Waals surface area contributed by atoms with E-state index in [9.17, 15) is 9.59 Å². The molecule has 6 nitrogen and oxygen atoms in total. The Morgan fingerprint density at radius 1 is 1.31 bits per heavy atom. The zero-order valence-electron chi connectivity index (χ0n) is 15.8. The van der Waals surface area contributed by atoms with E-state index >= 15 is 0 Å². The van der Waals surface area contributed by atoms with Gasteiger partial charge < -0.3 is 4.57 Å². The molecule has 0 radical (unpaired) electrons. The van der Waals surface area contributed by atoms with Crippen molar-refractivity contribution in [1.82, 2.24) is 14.1 Å². The molecule has 29 heavy (non-hydrogen) atoms. The Bertz CT molecular complexity index is 1310. The van der Waals surface area contributed by atoms with Crippen molar-refractivity contribution in [1.29, 1.82) is 5.26 Å². The molecule has 4 rings (SSSR count). The van der Waals surface area contributed by atoms with Crippen molar-refractivity contribution in [3.05, 3.63) is 57.8 Å². The standard InChI is InChI=1S/C21H18N4O2S2/c1-2-25-20(27)19-16(8-11-28-19)23-21(25)29-13-18(26)15-12-24(10-5-9-22)17-7-4-3-6-14(15)17/h3-4,6-8,11-12H,2,5,10,13H2,1H3. The van der Waals surface area contributed by atoms with Gasteiger partial charge in [0.25, 0.3) is 5.56 Å². The number of thioether (sulfide) groups is 1. The van der Waals surface area contributed by atoms with Crippen LogP contribution in [0, 0.1) is 11.3 Å². The van der Waals surface area contributed by atoms with E-state index in [0.717, 1.165) is 10.9 Å². The maximum absolute atomic E-state index is 13.0. The maximum atomic E-state index is 13.0. The molecule has 0 aliphatic heterocycles. The van der Waals surface area contributed by atoms with Gasteiger partial charge in [0.15, 0.2) is 10.9 Å². The van der Waals surface area contributed by atoms with Crippen molar-refractivity contribution in [2.75, 3.05) is 5.75 Å². The van der Waals surface area contributed by atoms with E-state index in [4.69, 9.17) is 5.26 Å². The van der Waals surface area contributed by atoms with Gasteiger partial charge in [0.05, 0.1) is 23.8 Å². The number of nitriles is 1. The van der Waals surface area contributed by atoms with Crippen LogP contribution in [0.15, 0.2) is 51.9 Å². The number of hydrogen-bond acceptors (Lipinski definition) is 6. The van der Waals surface area contributed by atoms with Crippen LogP contribution in [0.1, 0.15) is 23.7 Å². The summed E-state index contributed by atoms with van der Waals surface area (Å²) in [7, 11) is 0. The Morgan fingerprint density at radius 3 is 2.93 bits per heavy atom. The molecule has 146 valence electrons. The van der Waals surface area contributed by atoms with Crippen LogP contribution in [0.3, 0.4) is 0 Å². The Kier molecular flexibility index (Phi) is 5.51. The van der Waals surface area contributed by atoms with Gasteiger partial charge in [0.2, 0.25) is 0 Å². The minimum absolute atomic E-state index is 0.0239. The topological polar surface area (TPSA) is 80.7 Å². The van der Waals surface area contributed by atoms with Gasteiger partial charge in [0, 0.05) is 35.8 Å². The maximum Gasteiger partial charge on any atom is 0.272 e. The zero-order chi connectivity index (χ0) is 20.4. The molecule has 3 heterocycles. The highest BCUT2D eigenvalue weighted by Crippen LogP contribution is 2.26. The van der Waals surface area contributed by atoms with Gasteiger partial charge in [-0.25, -0.2) is 4.98 Å². The van der Waals surface area contributed by atoms with Crippen molar-refractivity contribution in [3.8, 4) is 6.07 Å². The average Bonchev–Trinajstić information content (AvgIpc) is 3.35. The molecule has 0 saturated heterocycles. The number of hydrogen-bond donors (Lipinski definition) is 0. The molecule has 0 amide bonds. The fourth-order valence-electron chi connectivity index (χ4n) is 3.34. The van der Waals surface area contributed by atoms with Crippen molar-refractivity contribution >= 4 is 50.0 Å². The first-order valence-electron chi connectivity index (χ1n) is 9.23. The monoisotopic (exact) mass is 422 g/mol. The van der Waals surface area contributed by atoms with Gasteiger partial charge in [-0.1, -0.05) is 30.0 Å². The molecule has 3 aromatic heterocycles. The molecule has 0 aliphatic rings. The zero-order valence-corrected chi connectivity index (χ0v) is 17.4. The van der Waals surface area contributed by atoms with E-state index in [1.165, 1.54) is 23.1 Å². The summed E-state index contributed by atoms with van der Waals surface area (Å²) < 4.78 is 4.21. The number of Topliss-reactive ketones (excluding diaryl/α,β-unsaturated/α-hetero) is 1. The number of aryl methyl sites for hydroxylation is 1. The van der Waals surface area contributed by atoms with E-state index in [1.807, 2.05) is 53.4 Å². The van der Waals surface area contributed by atoms with Gasteiger partial charge in [-0.3, -0.25) is 14.2 Å². The minimum atomic E-state index is -0.0597. The number of rotatable bonds is 7. The Morgan fingerprint density at radius 2 is 2.14 bits per heavy atom. The number of ketones is 1. The minimum Gasteiger partial charge on any atom is -0.346 e. The molecular formula is C21H18N4O2S2. The molecule has 0 bridgehead atoms. The molecular weight excluding hydrogens is 404 g/mol. The number of thiophene rings is 1. The lowest BCUT2D eigenvalue weighted by Crippen LogP contribution is -2.22. The van der Waals surface area contributed by atoms with Crippen LogP contribution in [-0.2, 0) is 13.1 Å². The van der Waals surface area contributed by atoms with Crippen LogP contribution in [0.5, 0.6) is 0 Å². The summed E-state index contributed by atoms with van der Waals surface area (Å²) in [4.78, 5) is 30.2. The van der Waals surface area contributed by atoms with E-state index in [2.05, 4.69) is 11.1 Å². The SMILES string of the molecule is CCn1c(SCC(=O)c2cn(CCC#N)c3ccccc23)nc2ccsc2c1=O. The number of benzene rings is 1. The van der Waals surface area contributed by atoms with Crippen molar-refractivity contribution in [2.24, 2.45) is 0 Å². The van der Waals surface area contributed by atoms with E-state index < -0.39 is 0 Å². The summed E-state index contributed by atoms with van der Waals surface area (Å²) in [5, 5.41) is 12.2. The fraction of sp³-hybridized carbons (Fsp3) is 0.238. The number of fused-ring (bicyclic) bond motifs is 2. The lowest BCUT2D eigenvalue weighted by atomic mass is 10.1. The molecule has 8 heteroatoms. The van der Waals surface area contributed by atoms with Crippen LogP contribution in [0.2, 0.25) is 0 Å². The number of nitrogens with zero attached hydrogens (tertiary/aromatic N) is 4. The van der Waals surface area contributed by atoms with Crippen LogP contribution in [0.25, 0.3) is 21.1 Å². The summed E-state index contributed by atoms with van der Waals surface area (Å²) >= 11 is 2.67. The van der Waals surface area contributed by atoms with E-state index in [0.29, 0.717) is 40.4 Å². The molecule has 1 aromatic carbocycles. The normalized spacial score (nSPS) is 11.2. The summed E-state index contributed by atoms with van der Waals surface area (Å²) in [5.74, 6) is 0.165. The van der Waals surface area contributed by atoms with E-state index in [-0.39, 0.29) is 17.1 Å². The second-order valence-corrected chi connectivity index (χ2v) is 8.31. The molecule has 0 atom stereocenters. The molecule has 0 spiro atoms. The van der Waals surface area contributed by atoms with Crippen LogP contribution in [-0.4, -0.2) is 25.7 Å². The van der Waals surface area contributed by atoms with Gasteiger partial charge in [-0.05, 0) is 24.4 Å². The van der Waals surface area contributed by atoms with Crippen molar-refractivity contribution in [2.45, 2.75) is 31.6 Å². The highest BCUT2D eigenvalue weighted by Gasteiger charge is 2.17.